The van der Waals surface area contributed by atoms with E-state index in [2.05, 4.69) is 60.3 Å². The number of piperidine rings is 1. The van der Waals surface area contributed by atoms with Crippen LogP contribution in [0.2, 0.25) is 0 Å². The normalized spacial score (nSPS) is 37.8. The highest BCUT2D eigenvalue weighted by Gasteiger charge is 2.44. The van der Waals surface area contributed by atoms with Gasteiger partial charge in [0.15, 0.2) is 0 Å². The quantitative estimate of drug-likeness (QED) is 0.729. The molecule has 0 aliphatic carbocycles. The molecule has 0 N–H and O–H groups in total. The zero-order valence-corrected chi connectivity index (χ0v) is 13.4. The summed E-state index contributed by atoms with van der Waals surface area (Å²) in [6.45, 7) is 17.6. The molecule has 0 aromatic heterocycles. The molecular formula is C16H31NO. The van der Waals surface area contributed by atoms with E-state index in [0.717, 1.165) is 6.42 Å². The lowest BCUT2D eigenvalue weighted by Gasteiger charge is -2.51. The topological polar surface area (TPSA) is 20.3 Å². The van der Waals surface area contributed by atoms with Gasteiger partial charge >= 0.3 is 0 Å². The first-order valence-corrected chi connectivity index (χ1v) is 7.47. The predicted octanol–water partition coefficient (Wildman–Crippen LogP) is 3.95. The highest BCUT2D eigenvalue weighted by molar-refractivity contribution is 5.82. The maximum Gasteiger partial charge on any atom is 0.228 e. The van der Waals surface area contributed by atoms with Crippen molar-refractivity contribution >= 4 is 5.91 Å². The van der Waals surface area contributed by atoms with Crippen molar-refractivity contribution in [2.75, 3.05) is 0 Å². The fourth-order valence-corrected chi connectivity index (χ4v) is 3.11. The summed E-state index contributed by atoms with van der Waals surface area (Å²) in [7, 11) is 0. The van der Waals surface area contributed by atoms with Crippen molar-refractivity contribution < 1.29 is 4.79 Å². The van der Waals surface area contributed by atoms with Crippen molar-refractivity contribution in [3.05, 3.63) is 0 Å². The molecule has 0 bridgehead atoms. The van der Waals surface area contributed by atoms with Gasteiger partial charge < -0.3 is 4.90 Å². The third kappa shape index (κ3) is 2.44. The lowest BCUT2D eigenvalue weighted by atomic mass is 9.72. The van der Waals surface area contributed by atoms with Gasteiger partial charge in [0.2, 0.25) is 5.91 Å². The van der Waals surface area contributed by atoms with Crippen LogP contribution in [0.25, 0.3) is 0 Å². The fraction of sp³-hybridized carbons (Fsp3) is 0.938. The van der Waals surface area contributed by atoms with E-state index in [1.165, 1.54) is 0 Å². The molecule has 0 saturated carbocycles. The minimum absolute atomic E-state index is 0.234. The average Bonchev–Trinajstić information content (AvgIpc) is 2.34. The van der Waals surface area contributed by atoms with E-state index >= 15 is 0 Å². The molecule has 4 atom stereocenters. The monoisotopic (exact) mass is 253 g/mol. The van der Waals surface area contributed by atoms with Crippen molar-refractivity contribution in [3.63, 3.8) is 0 Å². The molecule has 1 heterocycles. The Morgan fingerprint density at radius 3 is 1.67 bits per heavy atom. The Kier molecular flexibility index (Phi) is 4.51. The number of rotatable bonds is 2. The Balaban J connectivity index is 3.03. The number of nitrogens with zero attached hydrogens (tertiary/aromatic N) is 1. The number of hydrogen-bond donors (Lipinski definition) is 0. The van der Waals surface area contributed by atoms with E-state index in [-0.39, 0.29) is 5.41 Å². The number of carbonyl (C=O) groups is 1. The van der Waals surface area contributed by atoms with Crippen molar-refractivity contribution in [3.8, 4) is 0 Å². The summed E-state index contributed by atoms with van der Waals surface area (Å²) in [5.41, 5.74) is -0.234. The largest absolute Gasteiger partial charge is 0.336 e. The Labute approximate surface area is 113 Å². The first-order valence-electron chi connectivity index (χ1n) is 7.47. The van der Waals surface area contributed by atoms with Crippen LogP contribution in [0.15, 0.2) is 0 Å². The fourth-order valence-electron chi connectivity index (χ4n) is 3.11. The molecule has 2 heteroatoms. The van der Waals surface area contributed by atoms with Gasteiger partial charge in [-0.3, -0.25) is 4.79 Å². The molecule has 1 amide bonds. The zero-order chi connectivity index (χ0) is 14.2. The van der Waals surface area contributed by atoms with Crippen molar-refractivity contribution in [1.82, 2.24) is 4.90 Å². The molecule has 2 nitrogen and oxygen atoms in total. The molecule has 1 aliphatic rings. The lowest BCUT2D eigenvalue weighted by molar-refractivity contribution is -0.153. The van der Waals surface area contributed by atoms with Crippen LogP contribution in [-0.2, 0) is 4.79 Å². The van der Waals surface area contributed by atoms with Gasteiger partial charge in [-0.25, -0.2) is 0 Å². The van der Waals surface area contributed by atoms with Crippen molar-refractivity contribution in [1.29, 1.82) is 0 Å². The van der Waals surface area contributed by atoms with Gasteiger partial charge in [0.25, 0.3) is 0 Å². The summed E-state index contributed by atoms with van der Waals surface area (Å²) in [6, 6.07) is 0.703. The third-order valence-corrected chi connectivity index (χ3v) is 5.76. The molecule has 1 saturated heterocycles. The van der Waals surface area contributed by atoms with Crippen LogP contribution in [0.4, 0.5) is 0 Å². The molecule has 18 heavy (non-hydrogen) atoms. The van der Waals surface area contributed by atoms with E-state index in [1.54, 1.807) is 0 Å². The smallest absolute Gasteiger partial charge is 0.228 e. The zero-order valence-electron chi connectivity index (χ0n) is 13.4. The van der Waals surface area contributed by atoms with E-state index < -0.39 is 0 Å². The van der Waals surface area contributed by atoms with Gasteiger partial charge in [0.1, 0.15) is 0 Å². The molecule has 0 radical (unpaired) electrons. The van der Waals surface area contributed by atoms with Crippen LogP contribution < -0.4 is 0 Å². The molecule has 1 aliphatic heterocycles. The van der Waals surface area contributed by atoms with Gasteiger partial charge in [-0.2, -0.15) is 0 Å². The SMILES string of the molecule is CCC(C)(C)C(=O)N1C(C)C(C)C(C)C(C)C1C. The predicted molar refractivity (Wildman–Crippen MR) is 77.3 cm³/mol. The number of carbonyl (C=O) groups excluding carboxylic acids is 1. The molecule has 0 aromatic rings. The molecule has 4 unspecified atom stereocenters. The summed E-state index contributed by atoms with van der Waals surface area (Å²) in [6.07, 6.45) is 0.903. The van der Waals surface area contributed by atoms with E-state index in [1.807, 2.05) is 0 Å². The second-order valence-electron chi connectivity index (χ2n) is 7.01. The van der Waals surface area contributed by atoms with Gasteiger partial charge in [0, 0.05) is 17.5 Å². The van der Waals surface area contributed by atoms with E-state index in [4.69, 9.17) is 0 Å². The van der Waals surface area contributed by atoms with Crippen LogP contribution >= 0.6 is 0 Å². The summed E-state index contributed by atoms with van der Waals surface area (Å²) < 4.78 is 0. The Bertz CT molecular complexity index is 294. The third-order valence-electron chi connectivity index (χ3n) is 5.76. The number of likely N-dealkylation sites (tertiary alicyclic amines) is 1. The maximum absolute atomic E-state index is 12.8. The first kappa shape index (κ1) is 15.5. The van der Waals surface area contributed by atoms with Crippen molar-refractivity contribution in [2.45, 2.75) is 73.9 Å². The Hall–Kier alpha value is -0.530. The molecule has 0 spiro atoms. The molecule has 106 valence electrons. The summed E-state index contributed by atoms with van der Waals surface area (Å²) in [4.78, 5) is 15.0. The number of amides is 1. The highest BCUT2D eigenvalue weighted by atomic mass is 16.2. The average molecular weight is 253 g/mol. The second-order valence-corrected chi connectivity index (χ2v) is 7.01. The Morgan fingerprint density at radius 2 is 1.33 bits per heavy atom. The summed E-state index contributed by atoms with van der Waals surface area (Å²) >= 11 is 0. The van der Waals surface area contributed by atoms with Crippen LogP contribution in [0.5, 0.6) is 0 Å². The van der Waals surface area contributed by atoms with Gasteiger partial charge in [-0.1, -0.05) is 41.5 Å². The highest BCUT2D eigenvalue weighted by Crippen LogP contribution is 2.39. The van der Waals surface area contributed by atoms with Gasteiger partial charge in [-0.05, 0) is 38.0 Å². The van der Waals surface area contributed by atoms with E-state index in [9.17, 15) is 4.79 Å². The molecule has 1 rings (SSSR count). The standard InChI is InChI=1S/C16H31NO/c1-9-16(7,8)15(18)17-13(5)11(3)10(2)12(4)14(17)6/h10-14H,9H2,1-8H3. The van der Waals surface area contributed by atoms with Crippen LogP contribution in [0, 0.1) is 23.2 Å². The maximum atomic E-state index is 12.8. The van der Waals surface area contributed by atoms with Crippen LogP contribution in [0.1, 0.15) is 61.8 Å². The summed E-state index contributed by atoms with van der Waals surface area (Å²) in [5, 5.41) is 0. The van der Waals surface area contributed by atoms with Crippen LogP contribution in [0.3, 0.4) is 0 Å². The molecule has 0 aromatic carbocycles. The van der Waals surface area contributed by atoms with Gasteiger partial charge in [-0.15, -0.1) is 0 Å². The number of hydrogen-bond acceptors (Lipinski definition) is 1. The second kappa shape index (κ2) is 5.22. The molecule has 1 fully saturated rings. The summed E-state index contributed by atoms with van der Waals surface area (Å²) in [5.74, 6) is 2.17. The molecular weight excluding hydrogens is 222 g/mol. The Morgan fingerprint density at radius 1 is 0.944 bits per heavy atom. The van der Waals surface area contributed by atoms with Crippen molar-refractivity contribution in [2.24, 2.45) is 23.2 Å². The minimum Gasteiger partial charge on any atom is -0.336 e. The van der Waals surface area contributed by atoms with Gasteiger partial charge in [0.05, 0.1) is 0 Å². The lowest BCUT2D eigenvalue weighted by Crippen LogP contribution is -2.59. The minimum atomic E-state index is -0.234. The van der Waals surface area contributed by atoms with Crippen LogP contribution in [-0.4, -0.2) is 22.9 Å². The van der Waals surface area contributed by atoms with E-state index in [0.29, 0.717) is 35.7 Å². The first-order chi connectivity index (χ1) is 8.15.